The molecule has 1 atom stereocenters. The molecule has 0 spiro atoms. The summed E-state index contributed by atoms with van der Waals surface area (Å²) in [4.78, 5) is 30.5. The quantitative estimate of drug-likeness (QED) is 0.511. The number of amides is 1. The van der Waals surface area contributed by atoms with Gasteiger partial charge in [0.05, 0.1) is 11.5 Å². The fourth-order valence-corrected chi connectivity index (χ4v) is 6.84. The van der Waals surface area contributed by atoms with E-state index < -0.39 is 0 Å². The monoisotopic (exact) mass is 460 g/mol. The Morgan fingerprint density at radius 3 is 2.61 bits per heavy atom. The molecule has 2 bridgehead atoms. The number of morpholine rings is 1. The smallest absolute Gasteiger partial charge is 0.253 e. The average molecular weight is 461 g/mol. The highest BCUT2D eigenvalue weighted by Crippen LogP contribution is 2.39. The minimum atomic E-state index is 0.000463. The molecule has 170 valence electrons. The van der Waals surface area contributed by atoms with Gasteiger partial charge in [-0.15, -0.1) is 11.3 Å². The van der Waals surface area contributed by atoms with Gasteiger partial charge in [0.15, 0.2) is 5.78 Å². The maximum atomic E-state index is 13.2. The Balaban J connectivity index is 1.24. The number of piperidine rings is 3. The predicted octanol–water partition coefficient (Wildman–Crippen LogP) is 4.85. The first-order valence-electron chi connectivity index (χ1n) is 11.9. The molecule has 5 heterocycles. The summed E-state index contributed by atoms with van der Waals surface area (Å²) in [5, 5.41) is 1.13. The van der Waals surface area contributed by atoms with E-state index in [1.165, 1.54) is 25.9 Å². The van der Waals surface area contributed by atoms with Gasteiger partial charge in [0.2, 0.25) is 0 Å². The summed E-state index contributed by atoms with van der Waals surface area (Å²) < 4.78 is 6.40. The van der Waals surface area contributed by atoms with Crippen LogP contribution < -0.4 is 4.90 Å². The van der Waals surface area contributed by atoms with Gasteiger partial charge in [0.25, 0.3) is 5.91 Å². The average Bonchev–Trinajstić information content (AvgIpc) is 3.30. The van der Waals surface area contributed by atoms with Crippen molar-refractivity contribution in [3.8, 4) is 11.1 Å². The van der Waals surface area contributed by atoms with Crippen LogP contribution in [0.5, 0.6) is 0 Å². The molecule has 0 unspecified atom stereocenters. The zero-order valence-electron chi connectivity index (χ0n) is 18.7. The largest absolute Gasteiger partial charge is 0.370 e. The number of hydrogen-bond donors (Lipinski definition) is 0. The van der Waals surface area contributed by atoms with Crippen LogP contribution in [0, 0.1) is 11.8 Å². The summed E-state index contributed by atoms with van der Waals surface area (Å²) in [6.45, 7) is 4.81. The zero-order chi connectivity index (χ0) is 22.4. The van der Waals surface area contributed by atoms with E-state index >= 15 is 0 Å². The van der Waals surface area contributed by atoms with Crippen molar-refractivity contribution >= 4 is 38.8 Å². The third-order valence-electron chi connectivity index (χ3n) is 7.53. The number of carbonyl (C=O) groups is 2. The van der Waals surface area contributed by atoms with Crippen molar-refractivity contribution in [3.63, 3.8) is 0 Å². The van der Waals surface area contributed by atoms with Crippen molar-refractivity contribution in [2.24, 2.45) is 11.8 Å². The van der Waals surface area contributed by atoms with Gasteiger partial charge in [-0.2, -0.15) is 0 Å². The minimum Gasteiger partial charge on any atom is -0.370 e. The van der Waals surface area contributed by atoms with Crippen LogP contribution in [0.2, 0.25) is 0 Å². The van der Waals surface area contributed by atoms with Crippen LogP contribution in [0.25, 0.3) is 21.2 Å². The highest BCUT2D eigenvalue weighted by Gasteiger charge is 2.35. The molecule has 5 nitrogen and oxygen atoms in total. The standard InChI is InChI=1S/C27H28N2O3S/c30-24(14-21-16-28-10-8-18(21)9-11-28)25-15-20-2-1-3-23(27(20)33-25)19-4-6-22(7-5-19)29-12-13-32-17-26(29)31/h1-7,15,18,21H,8-14,16-17H2/t21-/m0/s1. The van der Waals surface area contributed by atoms with Crippen LogP contribution in [-0.2, 0) is 9.53 Å². The summed E-state index contributed by atoms with van der Waals surface area (Å²) >= 11 is 1.62. The number of rotatable bonds is 5. The first-order chi connectivity index (χ1) is 16.2. The minimum absolute atomic E-state index is 0.000463. The van der Waals surface area contributed by atoms with E-state index in [-0.39, 0.29) is 12.5 Å². The number of fused-ring (bicyclic) bond motifs is 4. The molecule has 33 heavy (non-hydrogen) atoms. The SMILES string of the molecule is O=C(C[C@H]1CN2CCC1CC2)c1cc2cccc(-c3ccc(N4CCOCC4=O)cc3)c2s1. The lowest BCUT2D eigenvalue weighted by Gasteiger charge is -2.44. The third-order valence-corrected chi connectivity index (χ3v) is 8.76. The van der Waals surface area contributed by atoms with Gasteiger partial charge in [0, 0.05) is 29.9 Å². The van der Waals surface area contributed by atoms with E-state index in [1.807, 2.05) is 12.1 Å². The molecule has 4 fully saturated rings. The third kappa shape index (κ3) is 4.01. The van der Waals surface area contributed by atoms with Crippen molar-refractivity contribution in [1.82, 2.24) is 4.90 Å². The molecule has 6 heteroatoms. The second kappa shape index (κ2) is 8.67. The van der Waals surface area contributed by atoms with E-state index in [1.54, 1.807) is 16.2 Å². The molecule has 3 aromatic rings. The van der Waals surface area contributed by atoms with Gasteiger partial charge in [0.1, 0.15) is 6.61 Å². The molecule has 0 radical (unpaired) electrons. The first-order valence-corrected chi connectivity index (χ1v) is 12.7. The van der Waals surface area contributed by atoms with Crippen LogP contribution in [0.4, 0.5) is 5.69 Å². The van der Waals surface area contributed by atoms with Gasteiger partial charge in [-0.1, -0.05) is 30.3 Å². The van der Waals surface area contributed by atoms with Gasteiger partial charge in [-0.05, 0) is 72.5 Å². The molecular formula is C27H28N2O3S. The van der Waals surface area contributed by atoms with Crippen molar-refractivity contribution in [3.05, 3.63) is 53.4 Å². The fraction of sp³-hybridized carbons (Fsp3) is 0.407. The Bertz CT molecular complexity index is 1190. The van der Waals surface area contributed by atoms with Crippen molar-refractivity contribution < 1.29 is 14.3 Å². The molecule has 7 rings (SSSR count). The van der Waals surface area contributed by atoms with Crippen LogP contribution >= 0.6 is 11.3 Å². The van der Waals surface area contributed by atoms with Gasteiger partial charge >= 0.3 is 0 Å². The number of Topliss-reactive ketones (excluding diaryl/α,β-unsaturated/α-hetero) is 1. The Hall–Kier alpha value is -2.54. The zero-order valence-corrected chi connectivity index (χ0v) is 19.5. The highest BCUT2D eigenvalue weighted by molar-refractivity contribution is 7.21. The van der Waals surface area contributed by atoms with Crippen LogP contribution in [0.15, 0.2) is 48.5 Å². The molecule has 1 aromatic heterocycles. The number of thiophene rings is 1. The number of ether oxygens (including phenoxy) is 1. The fourth-order valence-electron chi connectivity index (χ4n) is 5.70. The molecule has 4 saturated heterocycles. The van der Waals surface area contributed by atoms with E-state index in [4.69, 9.17) is 4.74 Å². The molecule has 2 aromatic carbocycles. The van der Waals surface area contributed by atoms with Gasteiger partial charge < -0.3 is 14.5 Å². The van der Waals surface area contributed by atoms with E-state index in [0.717, 1.165) is 44.2 Å². The summed E-state index contributed by atoms with van der Waals surface area (Å²) in [7, 11) is 0. The van der Waals surface area contributed by atoms with Gasteiger partial charge in [-0.25, -0.2) is 0 Å². The maximum absolute atomic E-state index is 13.2. The maximum Gasteiger partial charge on any atom is 0.253 e. The van der Waals surface area contributed by atoms with Crippen LogP contribution in [-0.4, -0.2) is 56.0 Å². The molecule has 4 aliphatic rings. The Labute approximate surface area is 197 Å². The Kier molecular flexibility index (Phi) is 5.52. The second-order valence-electron chi connectivity index (χ2n) is 9.50. The molecule has 4 aliphatic heterocycles. The van der Waals surface area contributed by atoms with Crippen molar-refractivity contribution in [1.29, 1.82) is 0 Å². The number of benzene rings is 2. The second-order valence-corrected chi connectivity index (χ2v) is 10.6. The summed E-state index contributed by atoms with van der Waals surface area (Å²) in [5.74, 6) is 1.53. The van der Waals surface area contributed by atoms with Crippen LogP contribution in [0.1, 0.15) is 28.9 Å². The highest BCUT2D eigenvalue weighted by atomic mass is 32.1. The first kappa shape index (κ1) is 21.0. The molecule has 0 saturated carbocycles. The van der Waals surface area contributed by atoms with Crippen molar-refractivity contribution in [2.45, 2.75) is 19.3 Å². The Morgan fingerprint density at radius 1 is 1.06 bits per heavy atom. The number of anilines is 1. The van der Waals surface area contributed by atoms with E-state index in [9.17, 15) is 9.59 Å². The van der Waals surface area contributed by atoms with E-state index in [2.05, 4.69) is 41.3 Å². The lowest BCUT2D eigenvalue weighted by atomic mass is 9.76. The lowest BCUT2D eigenvalue weighted by molar-refractivity contribution is -0.125. The number of hydrogen-bond acceptors (Lipinski definition) is 5. The molecule has 0 aliphatic carbocycles. The number of carbonyl (C=O) groups excluding carboxylic acids is 2. The summed E-state index contributed by atoms with van der Waals surface area (Å²) in [5.41, 5.74) is 3.14. The Morgan fingerprint density at radius 2 is 1.88 bits per heavy atom. The molecular weight excluding hydrogens is 432 g/mol. The molecule has 0 N–H and O–H groups in total. The topological polar surface area (TPSA) is 49.9 Å². The van der Waals surface area contributed by atoms with Crippen LogP contribution in [0.3, 0.4) is 0 Å². The number of ketones is 1. The summed E-state index contributed by atoms with van der Waals surface area (Å²) in [6.07, 6.45) is 3.17. The normalized spacial score (nSPS) is 25.0. The predicted molar refractivity (Wildman–Crippen MR) is 132 cm³/mol. The van der Waals surface area contributed by atoms with Gasteiger partial charge in [-0.3, -0.25) is 9.59 Å². The molecule has 1 amide bonds. The lowest BCUT2D eigenvalue weighted by Crippen LogP contribution is -2.47. The van der Waals surface area contributed by atoms with E-state index in [0.29, 0.717) is 31.3 Å². The summed E-state index contributed by atoms with van der Waals surface area (Å²) in [6, 6.07) is 16.5. The van der Waals surface area contributed by atoms with Crippen molar-refractivity contribution in [2.75, 3.05) is 44.3 Å². The number of nitrogens with zero attached hydrogens (tertiary/aromatic N) is 2.